The van der Waals surface area contributed by atoms with Crippen LogP contribution in [0.3, 0.4) is 0 Å². The van der Waals surface area contributed by atoms with Gasteiger partial charge in [-0.15, -0.1) is 0 Å². The molecule has 0 spiro atoms. The zero-order valence-electron chi connectivity index (χ0n) is 17.2. The molecule has 1 amide bonds. The van der Waals surface area contributed by atoms with Gasteiger partial charge in [-0.05, 0) is 61.1 Å². The van der Waals surface area contributed by atoms with Crippen LogP contribution in [0, 0.1) is 5.41 Å². The minimum Gasteiger partial charge on any atom is -0.384 e. The van der Waals surface area contributed by atoms with Crippen molar-refractivity contribution in [2.24, 2.45) is 11.5 Å². The molecule has 6 N–H and O–H groups in total. The lowest BCUT2D eigenvalue weighted by Crippen LogP contribution is -2.49. The third-order valence-corrected chi connectivity index (χ3v) is 6.63. The molecule has 2 aromatic rings. The largest absolute Gasteiger partial charge is 0.384 e. The van der Waals surface area contributed by atoms with E-state index >= 15 is 0 Å². The molecule has 8 heteroatoms. The van der Waals surface area contributed by atoms with Crippen LogP contribution >= 0.6 is 23.2 Å². The van der Waals surface area contributed by atoms with E-state index in [-0.39, 0.29) is 29.9 Å². The van der Waals surface area contributed by atoms with Gasteiger partial charge in [0, 0.05) is 46.3 Å². The smallest absolute Gasteiger partial charge is 0.243 e. The Morgan fingerprint density at radius 2 is 1.77 bits per heavy atom. The van der Waals surface area contributed by atoms with Gasteiger partial charge in [-0.3, -0.25) is 10.2 Å². The summed E-state index contributed by atoms with van der Waals surface area (Å²) in [5.74, 6) is 0.00849. The predicted octanol–water partition coefficient (Wildman–Crippen LogP) is 3.59. The number of rotatable bonds is 5. The second-order valence-corrected chi connectivity index (χ2v) is 9.38. The summed E-state index contributed by atoms with van der Waals surface area (Å²) in [5, 5.41) is 12.1. The van der Waals surface area contributed by atoms with E-state index in [0.29, 0.717) is 28.6 Å². The Balaban J connectivity index is 1.61. The highest BCUT2D eigenvalue weighted by atomic mass is 35.5. The molecule has 4 rings (SSSR count). The molecule has 0 bridgehead atoms. The van der Waals surface area contributed by atoms with Crippen molar-refractivity contribution in [2.45, 2.75) is 56.8 Å². The molecule has 1 heterocycles. The van der Waals surface area contributed by atoms with Gasteiger partial charge < -0.3 is 21.7 Å². The molecule has 1 atom stereocenters. The first-order valence-corrected chi connectivity index (χ1v) is 11.3. The third-order valence-electron chi connectivity index (χ3n) is 6.19. The molecule has 2 aromatic carbocycles. The number of carbonyl (C=O) groups is 1. The van der Waals surface area contributed by atoms with Crippen LogP contribution in [-0.2, 0) is 17.8 Å². The summed E-state index contributed by atoms with van der Waals surface area (Å²) in [6, 6.07) is 11.1. The molecule has 6 nitrogen and oxygen atoms in total. The fraction of sp³-hybridized carbons (Fsp3) is 0.391. The second kappa shape index (κ2) is 9.07. The zero-order valence-corrected chi connectivity index (χ0v) is 18.7. The number of amidine groups is 1. The highest BCUT2D eigenvalue weighted by Crippen LogP contribution is 2.35. The topological polar surface area (TPSA) is 108 Å². The Bertz CT molecular complexity index is 983. The van der Waals surface area contributed by atoms with Gasteiger partial charge in [-0.2, -0.15) is 0 Å². The molecule has 1 unspecified atom stereocenters. The van der Waals surface area contributed by atoms with Gasteiger partial charge in [0.15, 0.2) is 0 Å². The lowest BCUT2D eigenvalue weighted by molar-refractivity contribution is -0.123. The van der Waals surface area contributed by atoms with Gasteiger partial charge in [-0.25, -0.2) is 0 Å². The van der Waals surface area contributed by atoms with Crippen molar-refractivity contribution in [1.29, 1.82) is 5.41 Å². The van der Waals surface area contributed by atoms with Gasteiger partial charge in [-0.1, -0.05) is 35.3 Å². The molecule has 0 aromatic heterocycles. The van der Waals surface area contributed by atoms with E-state index in [1.165, 1.54) is 0 Å². The van der Waals surface area contributed by atoms with Crippen molar-refractivity contribution in [3.8, 4) is 0 Å². The minimum atomic E-state index is -0.356. The quantitative estimate of drug-likeness (QED) is 0.404. The lowest BCUT2D eigenvalue weighted by atomic mass is 9.91. The van der Waals surface area contributed by atoms with E-state index in [2.05, 4.69) is 10.2 Å². The second-order valence-electron chi connectivity index (χ2n) is 8.50. The maximum Gasteiger partial charge on any atom is 0.243 e. The van der Waals surface area contributed by atoms with Crippen molar-refractivity contribution in [3.05, 3.63) is 63.1 Å². The van der Waals surface area contributed by atoms with Gasteiger partial charge in [0.2, 0.25) is 5.91 Å². The van der Waals surface area contributed by atoms with Gasteiger partial charge in [0.25, 0.3) is 0 Å². The lowest BCUT2D eigenvalue weighted by Gasteiger charge is -2.31. The summed E-state index contributed by atoms with van der Waals surface area (Å²) in [6.07, 6.45) is 4.28. The Hall–Kier alpha value is -2.28. The first-order valence-electron chi connectivity index (χ1n) is 10.5. The third kappa shape index (κ3) is 4.97. The maximum atomic E-state index is 13.3. The van der Waals surface area contributed by atoms with Crippen LogP contribution in [0.25, 0.3) is 0 Å². The number of nitrogens with zero attached hydrogens (tertiary/aromatic N) is 1. The number of fused-ring (bicyclic) bond motifs is 1. The number of nitrogen functional groups attached to an aromatic ring is 1. The monoisotopic (exact) mass is 459 g/mol. The Morgan fingerprint density at radius 3 is 2.42 bits per heavy atom. The molecule has 1 saturated carbocycles. The van der Waals surface area contributed by atoms with Crippen LogP contribution in [0.15, 0.2) is 36.4 Å². The number of nitrogens with two attached hydrogens (primary N) is 2. The van der Waals surface area contributed by atoms with Crippen molar-refractivity contribution < 1.29 is 4.79 Å². The SMILES string of the molecule is N=C(N)c1ccc2c(c1)N(Cc1cc(Cl)cc(Cl)c1)C(C(=O)NC1CCC(N)CC1)C2. The predicted molar refractivity (Wildman–Crippen MR) is 126 cm³/mol. The number of nitrogens with one attached hydrogen (secondary N) is 2. The molecular formula is C23H27Cl2N5O. The van der Waals surface area contributed by atoms with Crippen molar-refractivity contribution >= 4 is 40.6 Å². The van der Waals surface area contributed by atoms with E-state index in [0.717, 1.165) is 42.5 Å². The highest BCUT2D eigenvalue weighted by Gasteiger charge is 2.36. The number of hydrogen-bond acceptors (Lipinski definition) is 4. The number of anilines is 1. The highest BCUT2D eigenvalue weighted by molar-refractivity contribution is 6.34. The number of carbonyl (C=O) groups excluding carboxylic acids is 1. The van der Waals surface area contributed by atoms with Crippen molar-refractivity contribution in [3.63, 3.8) is 0 Å². The standard InChI is InChI=1S/C23H27Cl2N5O/c24-16-7-13(8-17(25)11-16)12-30-20-10-15(22(27)28)2-1-14(20)9-21(30)23(31)29-19-5-3-18(26)4-6-19/h1-2,7-8,10-11,18-19,21H,3-6,9,12,26H2,(H3,27,28)(H,29,31). The summed E-state index contributed by atoms with van der Waals surface area (Å²) < 4.78 is 0. The molecule has 1 aliphatic heterocycles. The minimum absolute atomic E-state index is 0.00000379. The molecule has 1 fully saturated rings. The van der Waals surface area contributed by atoms with Crippen LogP contribution in [0.4, 0.5) is 5.69 Å². The van der Waals surface area contributed by atoms with E-state index in [9.17, 15) is 4.79 Å². The fourth-order valence-corrected chi connectivity index (χ4v) is 5.12. The van der Waals surface area contributed by atoms with E-state index in [1.54, 1.807) is 6.07 Å². The molecule has 164 valence electrons. The Kier molecular flexibility index (Phi) is 6.42. The Labute approximate surface area is 192 Å². The molecular weight excluding hydrogens is 433 g/mol. The number of halogens is 2. The van der Waals surface area contributed by atoms with E-state index in [1.807, 2.05) is 30.3 Å². The van der Waals surface area contributed by atoms with Gasteiger partial charge in [0.05, 0.1) is 0 Å². The summed E-state index contributed by atoms with van der Waals surface area (Å²) in [7, 11) is 0. The van der Waals surface area contributed by atoms with Gasteiger partial charge in [0.1, 0.15) is 11.9 Å². The summed E-state index contributed by atoms with van der Waals surface area (Å²) in [5.41, 5.74) is 15.2. The molecule has 31 heavy (non-hydrogen) atoms. The molecule has 0 saturated heterocycles. The summed E-state index contributed by atoms with van der Waals surface area (Å²) in [6.45, 7) is 0.474. The average Bonchev–Trinajstić information content (AvgIpc) is 3.06. The van der Waals surface area contributed by atoms with Gasteiger partial charge >= 0.3 is 0 Å². The first-order chi connectivity index (χ1) is 14.8. The van der Waals surface area contributed by atoms with Crippen molar-refractivity contribution in [1.82, 2.24) is 5.32 Å². The summed E-state index contributed by atoms with van der Waals surface area (Å²) >= 11 is 12.4. The molecule has 2 aliphatic rings. The van der Waals surface area contributed by atoms with Crippen LogP contribution in [-0.4, -0.2) is 29.9 Å². The number of hydrogen-bond donors (Lipinski definition) is 4. The van der Waals surface area contributed by atoms with Crippen molar-refractivity contribution in [2.75, 3.05) is 4.90 Å². The zero-order chi connectivity index (χ0) is 22.1. The molecule has 1 aliphatic carbocycles. The average molecular weight is 460 g/mol. The maximum absolute atomic E-state index is 13.3. The summed E-state index contributed by atoms with van der Waals surface area (Å²) in [4.78, 5) is 15.4. The van der Waals surface area contributed by atoms with Crippen LogP contribution in [0.2, 0.25) is 10.0 Å². The molecule has 0 radical (unpaired) electrons. The number of amides is 1. The van der Waals surface area contributed by atoms with Crippen LogP contribution in [0.1, 0.15) is 42.4 Å². The normalized spacial score (nSPS) is 22.8. The van der Waals surface area contributed by atoms with E-state index < -0.39 is 0 Å². The van der Waals surface area contributed by atoms with Crippen LogP contribution in [0.5, 0.6) is 0 Å². The number of benzene rings is 2. The fourth-order valence-electron chi connectivity index (χ4n) is 4.55. The van der Waals surface area contributed by atoms with E-state index in [4.69, 9.17) is 40.1 Å². The van der Waals surface area contributed by atoms with Crippen LogP contribution < -0.4 is 21.7 Å². The Morgan fingerprint density at radius 1 is 1.10 bits per heavy atom. The first kappa shape index (κ1) is 21.9.